The molecule has 0 aliphatic heterocycles. The standard InChI is InChI=1S/C17H16BrN3O3/c1-2-24-15-9-7-14(8-10-15)20-16(22)17(23)21-19-11-12-3-5-13(18)6-4-12/h3-11H,2H2,1H3,(H,20,22)(H,21,23)/b19-11-. The van der Waals surface area contributed by atoms with Gasteiger partial charge in [-0.15, -0.1) is 0 Å². The molecule has 0 saturated heterocycles. The molecule has 0 fully saturated rings. The van der Waals surface area contributed by atoms with Gasteiger partial charge in [0.25, 0.3) is 0 Å². The van der Waals surface area contributed by atoms with Gasteiger partial charge in [-0.2, -0.15) is 5.10 Å². The summed E-state index contributed by atoms with van der Waals surface area (Å²) in [6.07, 6.45) is 1.45. The van der Waals surface area contributed by atoms with Gasteiger partial charge in [-0.05, 0) is 48.9 Å². The van der Waals surface area contributed by atoms with Crippen LogP contribution in [0.5, 0.6) is 5.75 Å². The van der Waals surface area contributed by atoms with Crippen LogP contribution in [0.3, 0.4) is 0 Å². The summed E-state index contributed by atoms with van der Waals surface area (Å²) in [5, 5.41) is 6.23. The van der Waals surface area contributed by atoms with Gasteiger partial charge >= 0.3 is 11.8 Å². The molecule has 2 aromatic rings. The van der Waals surface area contributed by atoms with Crippen LogP contribution in [0.25, 0.3) is 0 Å². The van der Waals surface area contributed by atoms with E-state index in [0.29, 0.717) is 18.0 Å². The van der Waals surface area contributed by atoms with Crippen LogP contribution in [0.4, 0.5) is 5.69 Å². The van der Waals surface area contributed by atoms with Gasteiger partial charge in [0.1, 0.15) is 5.75 Å². The maximum absolute atomic E-state index is 11.8. The molecule has 0 spiro atoms. The Morgan fingerprint density at radius 1 is 1.08 bits per heavy atom. The lowest BCUT2D eigenvalue weighted by Gasteiger charge is -2.06. The Kier molecular flexibility index (Phi) is 6.51. The highest BCUT2D eigenvalue weighted by atomic mass is 79.9. The van der Waals surface area contributed by atoms with E-state index in [-0.39, 0.29) is 0 Å². The van der Waals surface area contributed by atoms with Crippen molar-refractivity contribution in [3.05, 3.63) is 58.6 Å². The minimum absolute atomic E-state index is 0.496. The van der Waals surface area contributed by atoms with Crippen molar-refractivity contribution >= 4 is 39.6 Å². The first-order chi connectivity index (χ1) is 11.6. The van der Waals surface area contributed by atoms with Crippen molar-refractivity contribution in [2.24, 2.45) is 5.10 Å². The van der Waals surface area contributed by atoms with E-state index in [1.165, 1.54) is 6.21 Å². The third-order valence-corrected chi connectivity index (χ3v) is 3.41. The fourth-order valence-corrected chi connectivity index (χ4v) is 2.02. The second-order valence-electron chi connectivity index (χ2n) is 4.66. The van der Waals surface area contributed by atoms with E-state index in [4.69, 9.17) is 4.74 Å². The molecule has 0 heterocycles. The Morgan fingerprint density at radius 3 is 2.38 bits per heavy atom. The molecule has 2 aromatic carbocycles. The van der Waals surface area contributed by atoms with Crippen molar-refractivity contribution in [3.8, 4) is 5.75 Å². The quantitative estimate of drug-likeness (QED) is 0.468. The van der Waals surface area contributed by atoms with Gasteiger partial charge in [-0.3, -0.25) is 9.59 Å². The number of rotatable bonds is 5. The molecule has 0 aliphatic carbocycles. The highest BCUT2D eigenvalue weighted by Gasteiger charge is 2.12. The molecule has 0 atom stereocenters. The summed E-state index contributed by atoms with van der Waals surface area (Å²) in [5.74, 6) is -0.955. The van der Waals surface area contributed by atoms with Crippen LogP contribution in [0.1, 0.15) is 12.5 Å². The molecule has 0 bridgehead atoms. The second-order valence-corrected chi connectivity index (χ2v) is 5.58. The Hall–Kier alpha value is -2.67. The number of hydrazone groups is 1. The first-order valence-electron chi connectivity index (χ1n) is 7.21. The Labute approximate surface area is 148 Å². The van der Waals surface area contributed by atoms with Gasteiger partial charge in [0, 0.05) is 10.2 Å². The number of hydrogen-bond donors (Lipinski definition) is 2. The fraction of sp³-hybridized carbons (Fsp3) is 0.118. The van der Waals surface area contributed by atoms with Gasteiger partial charge in [0.15, 0.2) is 0 Å². The molecule has 124 valence electrons. The van der Waals surface area contributed by atoms with Crippen LogP contribution in [-0.2, 0) is 9.59 Å². The Bertz CT molecular complexity index is 728. The SMILES string of the molecule is CCOc1ccc(NC(=O)C(=O)N/N=C\c2ccc(Br)cc2)cc1. The highest BCUT2D eigenvalue weighted by molar-refractivity contribution is 9.10. The molecule has 0 aromatic heterocycles. The monoisotopic (exact) mass is 389 g/mol. The predicted molar refractivity (Wildman–Crippen MR) is 96.1 cm³/mol. The number of hydrogen-bond acceptors (Lipinski definition) is 4. The maximum atomic E-state index is 11.8. The number of benzene rings is 2. The van der Waals surface area contributed by atoms with E-state index < -0.39 is 11.8 Å². The molecule has 24 heavy (non-hydrogen) atoms. The van der Waals surface area contributed by atoms with Crippen molar-refractivity contribution in [3.63, 3.8) is 0 Å². The van der Waals surface area contributed by atoms with Gasteiger partial charge < -0.3 is 10.1 Å². The summed E-state index contributed by atoms with van der Waals surface area (Å²) < 4.78 is 6.24. The molecule has 2 N–H and O–H groups in total. The van der Waals surface area contributed by atoms with Crippen molar-refractivity contribution in [1.82, 2.24) is 5.43 Å². The third kappa shape index (κ3) is 5.51. The summed E-state index contributed by atoms with van der Waals surface area (Å²) >= 11 is 3.33. The number of amides is 2. The van der Waals surface area contributed by atoms with Crippen LogP contribution in [0.15, 0.2) is 58.1 Å². The van der Waals surface area contributed by atoms with E-state index in [1.807, 2.05) is 31.2 Å². The topological polar surface area (TPSA) is 79.8 Å². The van der Waals surface area contributed by atoms with Gasteiger partial charge in [0.2, 0.25) is 0 Å². The van der Waals surface area contributed by atoms with Crippen LogP contribution < -0.4 is 15.5 Å². The molecule has 7 heteroatoms. The number of nitrogens with one attached hydrogen (secondary N) is 2. The molecule has 2 amide bonds. The molecular formula is C17H16BrN3O3. The average Bonchev–Trinajstić information content (AvgIpc) is 2.58. The van der Waals surface area contributed by atoms with E-state index in [0.717, 1.165) is 10.0 Å². The molecule has 0 saturated carbocycles. The van der Waals surface area contributed by atoms with Crippen LogP contribution in [-0.4, -0.2) is 24.6 Å². The minimum atomic E-state index is -0.850. The number of carbonyl (C=O) groups is 2. The van der Waals surface area contributed by atoms with E-state index in [9.17, 15) is 9.59 Å². The molecule has 6 nitrogen and oxygen atoms in total. The van der Waals surface area contributed by atoms with E-state index in [2.05, 4.69) is 31.8 Å². The van der Waals surface area contributed by atoms with Crippen molar-refractivity contribution in [2.45, 2.75) is 6.92 Å². The summed E-state index contributed by atoms with van der Waals surface area (Å²) in [6, 6.07) is 14.1. The lowest BCUT2D eigenvalue weighted by atomic mass is 10.2. The Balaban J connectivity index is 1.85. The summed E-state index contributed by atoms with van der Waals surface area (Å²) in [5.41, 5.74) is 3.47. The zero-order valence-corrected chi connectivity index (χ0v) is 14.5. The van der Waals surface area contributed by atoms with Crippen molar-refractivity contribution in [1.29, 1.82) is 0 Å². The highest BCUT2D eigenvalue weighted by Crippen LogP contribution is 2.15. The average molecular weight is 390 g/mol. The summed E-state index contributed by atoms with van der Waals surface area (Å²) in [7, 11) is 0. The molecule has 0 unspecified atom stereocenters. The van der Waals surface area contributed by atoms with E-state index in [1.54, 1.807) is 24.3 Å². The molecular weight excluding hydrogens is 374 g/mol. The fourth-order valence-electron chi connectivity index (χ4n) is 1.75. The first kappa shape index (κ1) is 17.7. The normalized spacial score (nSPS) is 10.4. The predicted octanol–water partition coefficient (Wildman–Crippen LogP) is 2.94. The van der Waals surface area contributed by atoms with Gasteiger partial charge in [0.05, 0.1) is 12.8 Å². The van der Waals surface area contributed by atoms with Gasteiger partial charge in [-0.25, -0.2) is 5.43 Å². The molecule has 0 aliphatic rings. The number of nitrogens with zero attached hydrogens (tertiary/aromatic N) is 1. The number of halogens is 1. The summed E-state index contributed by atoms with van der Waals surface area (Å²) in [6.45, 7) is 2.44. The van der Waals surface area contributed by atoms with E-state index >= 15 is 0 Å². The zero-order chi connectivity index (χ0) is 17.4. The van der Waals surface area contributed by atoms with Crippen LogP contribution in [0.2, 0.25) is 0 Å². The number of ether oxygens (including phenoxy) is 1. The van der Waals surface area contributed by atoms with Crippen molar-refractivity contribution < 1.29 is 14.3 Å². The smallest absolute Gasteiger partial charge is 0.329 e. The van der Waals surface area contributed by atoms with Crippen LogP contribution >= 0.6 is 15.9 Å². The zero-order valence-electron chi connectivity index (χ0n) is 13.0. The molecule has 0 radical (unpaired) electrons. The molecule has 2 rings (SSSR count). The van der Waals surface area contributed by atoms with Crippen molar-refractivity contribution in [2.75, 3.05) is 11.9 Å². The lowest BCUT2D eigenvalue weighted by Crippen LogP contribution is -2.32. The minimum Gasteiger partial charge on any atom is -0.494 e. The number of carbonyl (C=O) groups excluding carboxylic acids is 2. The van der Waals surface area contributed by atoms with Gasteiger partial charge in [-0.1, -0.05) is 28.1 Å². The maximum Gasteiger partial charge on any atom is 0.329 e. The van der Waals surface area contributed by atoms with Crippen LogP contribution in [0, 0.1) is 0 Å². The largest absolute Gasteiger partial charge is 0.494 e. The number of anilines is 1. The first-order valence-corrected chi connectivity index (χ1v) is 8.00. The third-order valence-electron chi connectivity index (χ3n) is 2.88. The summed E-state index contributed by atoms with van der Waals surface area (Å²) in [4.78, 5) is 23.5. The Morgan fingerprint density at radius 2 is 1.75 bits per heavy atom. The second kappa shape index (κ2) is 8.83. The lowest BCUT2D eigenvalue weighted by molar-refractivity contribution is -0.136.